The SMILES string of the molecule is COC(=O)Cc1c(C)nc2nc3ccccc3n2c1C. The van der Waals surface area contributed by atoms with Gasteiger partial charge in [0.2, 0.25) is 5.78 Å². The number of aromatic nitrogens is 3. The van der Waals surface area contributed by atoms with Crippen molar-refractivity contribution < 1.29 is 9.53 Å². The predicted molar refractivity (Wildman–Crippen MR) is 75.7 cm³/mol. The molecule has 3 rings (SSSR count). The predicted octanol–water partition coefficient (Wildman–Crippen LogP) is 2.21. The van der Waals surface area contributed by atoms with E-state index in [2.05, 4.69) is 9.97 Å². The van der Waals surface area contributed by atoms with Crippen LogP contribution >= 0.6 is 0 Å². The van der Waals surface area contributed by atoms with E-state index in [-0.39, 0.29) is 12.4 Å². The molecule has 0 radical (unpaired) electrons. The lowest BCUT2D eigenvalue weighted by molar-refractivity contribution is -0.139. The van der Waals surface area contributed by atoms with Crippen molar-refractivity contribution in [2.75, 3.05) is 7.11 Å². The number of carbonyl (C=O) groups excluding carboxylic acids is 1. The second kappa shape index (κ2) is 4.59. The first kappa shape index (κ1) is 12.6. The van der Waals surface area contributed by atoms with E-state index in [1.807, 2.05) is 42.5 Å². The van der Waals surface area contributed by atoms with E-state index < -0.39 is 0 Å². The number of para-hydroxylation sites is 2. The third kappa shape index (κ3) is 1.82. The van der Waals surface area contributed by atoms with Crippen molar-refractivity contribution in [1.29, 1.82) is 0 Å². The number of hydrogen-bond donors (Lipinski definition) is 0. The van der Waals surface area contributed by atoms with Crippen molar-refractivity contribution >= 4 is 22.8 Å². The van der Waals surface area contributed by atoms with Crippen molar-refractivity contribution in [2.45, 2.75) is 20.3 Å². The van der Waals surface area contributed by atoms with Gasteiger partial charge in [0.15, 0.2) is 0 Å². The van der Waals surface area contributed by atoms with Crippen molar-refractivity contribution in [1.82, 2.24) is 14.4 Å². The van der Waals surface area contributed by atoms with Gasteiger partial charge in [-0.1, -0.05) is 12.1 Å². The summed E-state index contributed by atoms with van der Waals surface area (Å²) in [5.74, 6) is 0.400. The number of hydrogen-bond acceptors (Lipinski definition) is 4. The highest BCUT2D eigenvalue weighted by atomic mass is 16.5. The number of ether oxygens (including phenoxy) is 1. The van der Waals surface area contributed by atoms with Crippen LogP contribution in [-0.2, 0) is 16.0 Å². The Morgan fingerprint density at radius 3 is 2.75 bits per heavy atom. The molecule has 0 aliphatic heterocycles. The molecule has 3 aromatic rings. The normalized spacial score (nSPS) is 11.2. The van der Waals surface area contributed by atoms with Gasteiger partial charge in [0.05, 0.1) is 24.6 Å². The van der Waals surface area contributed by atoms with Crippen molar-refractivity contribution in [3.8, 4) is 0 Å². The number of carbonyl (C=O) groups is 1. The van der Waals surface area contributed by atoms with Gasteiger partial charge in [-0.15, -0.1) is 0 Å². The summed E-state index contributed by atoms with van der Waals surface area (Å²) in [4.78, 5) is 20.6. The topological polar surface area (TPSA) is 56.5 Å². The first-order chi connectivity index (χ1) is 9.61. The standard InChI is InChI=1S/C15H15N3O2/c1-9-11(8-14(19)20-3)10(2)18-13-7-5-4-6-12(13)17-15(18)16-9/h4-7H,8H2,1-3H3. The third-order valence-electron chi connectivity index (χ3n) is 3.57. The molecule has 0 unspecified atom stereocenters. The van der Waals surface area contributed by atoms with Crippen molar-refractivity contribution in [3.05, 3.63) is 41.2 Å². The summed E-state index contributed by atoms with van der Waals surface area (Å²) in [6, 6.07) is 7.88. The van der Waals surface area contributed by atoms with Crippen LogP contribution in [0.3, 0.4) is 0 Å². The van der Waals surface area contributed by atoms with Crippen molar-refractivity contribution in [3.63, 3.8) is 0 Å². The van der Waals surface area contributed by atoms with Gasteiger partial charge in [0, 0.05) is 17.0 Å². The van der Waals surface area contributed by atoms with E-state index in [9.17, 15) is 4.79 Å². The van der Waals surface area contributed by atoms with Gasteiger partial charge >= 0.3 is 5.97 Å². The number of methoxy groups -OCH3 is 1. The molecule has 0 aliphatic rings. The maximum atomic E-state index is 11.5. The minimum atomic E-state index is -0.262. The van der Waals surface area contributed by atoms with E-state index in [0.29, 0.717) is 5.78 Å². The molecule has 0 saturated carbocycles. The van der Waals surface area contributed by atoms with Gasteiger partial charge in [0.1, 0.15) is 0 Å². The van der Waals surface area contributed by atoms with Crippen LogP contribution in [0.1, 0.15) is 17.0 Å². The van der Waals surface area contributed by atoms with Gasteiger partial charge in [-0.25, -0.2) is 9.97 Å². The summed E-state index contributed by atoms with van der Waals surface area (Å²) in [7, 11) is 1.39. The molecule has 5 heteroatoms. The summed E-state index contributed by atoms with van der Waals surface area (Å²) in [5, 5.41) is 0. The number of fused-ring (bicyclic) bond motifs is 3. The number of imidazole rings is 1. The molecule has 2 heterocycles. The Balaban J connectivity index is 2.32. The molecule has 0 fully saturated rings. The molecule has 0 aliphatic carbocycles. The van der Waals surface area contributed by atoms with Crippen LogP contribution in [0.2, 0.25) is 0 Å². The lowest BCUT2D eigenvalue weighted by Gasteiger charge is -2.10. The molecule has 0 amide bonds. The molecule has 0 spiro atoms. The number of rotatable bonds is 2. The lowest BCUT2D eigenvalue weighted by Crippen LogP contribution is -2.11. The molecule has 102 valence electrons. The summed E-state index contributed by atoms with van der Waals surface area (Å²) < 4.78 is 6.74. The fourth-order valence-corrected chi connectivity index (χ4v) is 2.51. The smallest absolute Gasteiger partial charge is 0.310 e. The zero-order valence-corrected chi connectivity index (χ0v) is 11.7. The van der Waals surface area contributed by atoms with Crippen LogP contribution < -0.4 is 0 Å². The van der Waals surface area contributed by atoms with Crippen LogP contribution in [0, 0.1) is 13.8 Å². The summed E-state index contributed by atoms with van der Waals surface area (Å²) >= 11 is 0. The third-order valence-corrected chi connectivity index (χ3v) is 3.57. The van der Waals surface area contributed by atoms with E-state index in [1.165, 1.54) is 7.11 Å². The number of benzene rings is 1. The molecular weight excluding hydrogens is 254 g/mol. The quantitative estimate of drug-likeness (QED) is 0.669. The average molecular weight is 269 g/mol. The van der Waals surface area contributed by atoms with Gasteiger partial charge < -0.3 is 4.74 Å². The lowest BCUT2D eigenvalue weighted by atomic mass is 10.1. The fraction of sp³-hybridized carbons (Fsp3) is 0.267. The largest absolute Gasteiger partial charge is 0.469 e. The Hall–Kier alpha value is -2.43. The van der Waals surface area contributed by atoms with E-state index in [4.69, 9.17) is 4.74 Å². The van der Waals surface area contributed by atoms with Gasteiger partial charge in [0.25, 0.3) is 0 Å². The summed E-state index contributed by atoms with van der Waals surface area (Å²) in [6.07, 6.45) is 0.226. The maximum Gasteiger partial charge on any atom is 0.310 e. The highest BCUT2D eigenvalue weighted by Crippen LogP contribution is 2.21. The van der Waals surface area contributed by atoms with E-state index in [0.717, 1.165) is 28.0 Å². The molecule has 1 aromatic carbocycles. The molecule has 0 N–H and O–H groups in total. The molecule has 5 nitrogen and oxygen atoms in total. The second-order valence-corrected chi connectivity index (χ2v) is 4.75. The minimum Gasteiger partial charge on any atom is -0.469 e. The molecule has 2 aromatic heterocycles. The Labute approximate surface area is 116 Å². The zero-order chi connectivity index (χ0) is 14.3. The zero-order valence-electron chi connectivity index (χ0n) is 11.7. The number of esters is 1. The van der Waals surface area contributed by atoms with Crippen LogP contribution in [0.15, 0.2) is 24.3 Å². The number of aryl methyl sites for hydroxylation is 2. The molecule has 20 heavy (non-hydrogen) atoms. The first-order valence-electron chi connectivity index (χ1n) is 6.42. The van der Waals surface area contributed by atoms with Gasteiger partial charge in [-0.2, -0.15) is 0 Å². The monoisotopic (exact) mass is 269 g/mol. The Morgan fingerprint density at radius 1 is 1.25 bits per heavy atom. The summed E-state index contributed by atoms with van der Waals surface area (Å²) in [6.45, 7) is 3.87. The second-order valence-electron chi connectivity index (χ2n) is 4.75. The molecule has 0 bridgehead atoms. The van der Waals surface area contributed by atoms with Gasteiger partial charge in [-0.3, -0.25) is 9.20 Å². The summed E-state index contributed by atoms with van der Waals surface area (Å²) in [5.41, 5.74) is 4.59. The highest BCUT2D eigenvalue weighted by Gasteiger charge is 2.16. The highest BCUT2D eigenvalue weighted by molar-refractivity contribution is 5.80. The van der Waals surface area contributed by atoms with Crippen LogP contribution in [0.4, 0.5) is 0 Å². The molecule has 0 saturated heterocycles. The molecular formula is C15H15N3O2. The van der Waals surface area contributed by atoms with Gasteiger partial charge in [-0.05, 0) is 26.0 Å². The maximum absolute atomic E-state index is 11.5. The van der Waals surface area contributed by atoms with Crippen molar-refractivity contribution in [2.24, 2.45) is 0 Å². The first-order valence-corrected chi connectivity index (χ1v) is 6.42. The van der Waals surface area contributed by atoms with E-state index >= 15 is 0 Å². The Morgan fingerprint density at radius 2 is 2.00 bits per heavy atom. The van der Waals surface area contributed by atoms with E-state index in [1.54, 1.807) is 0 Å². The minimum absolute atomic E-state index is 0.226. The van der Waals surface area contributed by atoms with Crippen LogP contribution in [-0.4, -0.2) is 27.4 Å². The fourth-order valence-electron chi connectivity index (χ4n) is 2.51. The number of nitrogens with zero attached hydrogens (tertiary/aromatic N) is 3. The Kier molecular flexibility index (Phi) is 2.89. The molecule has 0 atom stereocenters. The van der Waals surface area contributed by atoms with Crippen LogP contribution in [0.25, 0.3) is 16.8 Å². The Bertz CT molecular complexity index is 821. The average Bonchev–Trinajstić information content (AvgIpc) is 2.81. The van der Waals surface area contributed by atoms with Crippen LogP contribution in [0.5, 0.6) is 0 Å².